The maximum Gasteiger partial charge on any atom is 0.342 e. The number of hydrogen-bond acceptors (Lipinski definition) is 6. The number of carbonyl (C=O) groups is 1. The first-order valence-electron chi connectivity index (χ1n) is 5.23. The molecule has 19 heavy (non-hydrogen) atoms. The Morgan fingerprint density at radius 2 is 2.00 bits per heavy atom. The van der Waals surface area contributed by atoms with Crippen molar-refractivity contribution in [1.29, 1.82) is 0 Å². The van der Waals surface area contributed by atoms with Gasteiger partial charge in [0.2, 0.25) is 5.75 Å². The number of benzene rings is 1. The normalized spacial score (nSPS) is 9.58. The number of hydrogen-bond donors (Lipinski definition) is 0. The third-order valence-electron chi connectivity index (χ3n) is 2.25. The van der Waals surface area contributed by atoms with Gasteiger partial charge in [0.1, 0.15) is 17.9 Å². The van der Waals surface area contributed by atoms with Gasteiger partial charge >= 0.3 is 11.7 Å². The fraction of sp³-hybridized carbons (Fsp3) is 0.250. The minimum atomic E-state index is -0.734. The van der Waals surface area contributed by atoms with Crippen LogP contribution in [0, 0.1) is 10.1 Å². The molecule has 0 aliphatic rings. The summed E-state index contributed by atoms with van der Waals surface area (Å²) in [5.41, 5.74) is -0.384. The lowest BCUT2D eigenvalue weighted by Gasteiger charge is -2.10. The molecule has 0 amide bonds. The SMILES string of the molecule is C=CCOC(=O)c1cc([N+](=O)[O-])c(OC)cc1OC. The number of nitrogens with zero attached hydrogens (tertiary/aromatic N) is 1. The highest BCUT2D eigenvalue weighted by molar-refractivity contribution is 5.94. The average Bonchev–Trinajstić information content (AvgIpc) is 2.42. The molecule has 102 valence electrons. The molecule has 1 aromatic carbocycles. The van der Waals surface area contributed by atoms with Crippen molar-refractivity contribution in [2.45, 2.75) is 0 Å². The van der Waals surface area contributed by atoms with Gasteiger partial charge in [0.15, 0.2) is 0 Å². The minimum absolute atomic E-state index is 0.00180. The average molecular weight is 267 g/mol. The van der Waals surface area contributed by atoms with Crippen molar-refractivity contribution in [3.05, 3.63) is 40.5 Å². The van der Waals surface area contributed by atoms with Crippen molar-refractivity contribution in [3.8, 4) is 11.5 Å². The number of ether oxygens (including phenoxy) is 3. The van der Waals surface area contributed by atoms with E-state index >= 15 is 0 Å². The molecule has 0 unspecified atom stereocenters. The molecular formula is C12H13NO6. The summed E-state index contributed by atoms with van der Waals surface area (Å²) in [6.07, 6.45) is 1.39. The Labute approximate surface area is 109 Å². The molecule has 0 atom stereocenters. The monoisotopic (exact) mass is 267 g/mol. The van der Waals surface area contributed by atoms with E-state index in [0.29, 0.717) is 0 Å². The van der Waals surface area contributed by atoms with E-state index in [2.05, 4.69) is 6.58 Å². The molecular weight excluding hydrogens is 254 g/mol. The zero-order chi connectivity index (χ0) is 14.4. The molecule has 0 spiro atoms. The molecule has 0 aromatic heterocycles. The molecule has 0 saturated heterocycles. The number of nitro benzene ring substituents is 1. The highest BCUT2D eigenvalue weighted by Crippen LogP contribution is 2.34. The molecule has 0 heterocycles. The van der Waals surface area contributed by atoms with E-state index in [1.807, 2.05) is 0 Å². The maximum absolute atomic E-state index is 11.7. The molecule has 0 radical (unpaired) electrons. The standard InChI is InChI=1S/C12H13NO6/c1-4-5-19-12(14)8-6-9(13(15)16)11(18-3)7-10(8)17-2/h4,6-7H,1,5H2,2-3H3. The molecule has 1 rings (SSSR count). The Hall–Kier alpha value is -2.57. The third-order valence-corrected chi connectivity index (χ3v) is 2.25. The van der Waals surface area contributed by atoms with Crippen molar-refractivity contribution >= 4 is 11.7 Å². The Kier molecular flexibility index (Phi) is 4.87. The van der Waals surface area contributed by atoms with Crippen LogP contribution >= 0.6 is 0 Å². The lowest BCUT2D eigenvalue weighted by molar-refractivity contribution is -0.385. The van der Waals surface area contributed by atoms with Crippen LogP contribution in [0.25, 0.3) is 0 Å². The molecule has 0 aliphatic heterocycles. The van der Waals surface area contributed by atoms with E-state index in [-0.39, 0.29) is 29.4 Å². The smallest absolute Gasteiger partial charge is 0.342 e. The summed E-state index contributed by atoms with van der Waals surface area (Å²) < 4.78 is 14.7. The van der Waals surface area contributed by atoms with Gasteiger partial charge in [-0.1, -0.05) is 12.7 Å². The van der Waals surface area contributed by atoms with Crippen molar-refractivity contribution in [2.75, 3.05) is 20.8 Å². The fourth-order valence-corrected chi connectivity index (χ4v) is 1.40. The number of nitro groups is 1. The van der Waals surface area contributed by atoms with E-state index in [1.165, 1.54) is 26.4 Å². The predicted molar refractivity (Wildman–Crippen MR) is 66.7 cm³/mol. The molecule has 0 fully saturated rings. The van der Waals surface area contributed by atoms with Gasteiger partial charge in [-0.15, -0.1) is 0 Å². The van der Waals surface area contributed by atoms with Gasteiger partial charge in [0, 0.05) is 12.1 Å². The summed E-state index contributed by atoms with van der Waals surface area (Å²) in [5, 5.41) is 10.9. The minimum Gasteiger partial charge on any atom is -0.496 e. The van der Waals surface area contributed by atoms with Gasteiger partial charge in [-0.05, 0) is 0 Å². The number of rotatable bonds is 6. The van der Waals surface area contributed by atoms with E-state index in [4.69, 9.17) is 14.2 Å². The van der Waals surface area contributed by atoms with Gasteiger partial charge in [-0.3, -0.25) is 10.1 Å². The van der Waals surface area contributed by atoms with Gasteiger partial charge < -0.3 is 14.2 Å². The Balaban J connectivity index is 3.29. The summed E-state index contributed by atoms with van der Waals surface area (Å²) in [6.45, 7) is 3.41. The van der Waals surface area contributed by atoms with Gasteiger partial charge in [0.25, 0.3) is 0 Å². The van der Waals surface area contributed by atoms with Crippen LogP contribution in [0.3, 0.4) is 0 Å². The maximum atomic E-state index is 11.7. The van der Waals surface area contributed by atoms with Crippen LogP contribution in [-0.2, 0) is 4.74 Å². The van der Waals surface area contributed by atoms with Crippen LogP contribution in [0.4, 0.5) is 5.69 Å². The first-order chi connectivity index (χ1) is 9.04. The van der Waals surface area contributed by atoms with Crippen molar-refractivity contribution in [1.82, 2.24) is 0 Å². The second-order valence-corrected chi connectivity index (χ2v) is 3.37. The summed E-state index contributed by atoms with van der Waals surface area (Å²) in [6, 6.07) is 2.33. The van der Waals surface area contributed by atoms with E-state index in [0.717, 1.165) is 6.07 Å². The van der Waals surface area contributed by atoms with Crippen molar-refractivity contribution in [3.63, 3.8) is 0 Å². The van der Waals surface area contributed by atoms with Gasteiger partial charge in [0.05, 0.1) is 19.1 Å². The lowest BCUT2D eigenvalue weighted by atomic mass is 10.1. The fourth-order valence-electron chi connectivity index (χ4n) is 1.40. The zero-order valence-electron chi connectivity index (χ0n) is 10.5. The Bertz CT molecular complexity index is 511. The molecule has 7 heteroatoms. The van der Waals surface area contributed by atoms with Crippen LogP contribution in [0.1, 0.15) is 10.4 Å². The molecule has 7 nitrogen and oxygen atoms in total. The first-order valence-corrected chi connectivity index (χ1v) is 5.23. The van der Waals surface area contributed by atoms with Crippen molar-refractivity contribution in [2.24, 2.45) is 0 Å². The largest absolute Gasteiger partial charge is 0.496 e. The van der Waals surface area contributed by atoms with Crippen LogP contribution in [0.5, 0.6) is 11.5 Å². The summed E-state index contributed by atoms with van der Waals surface area (Å²) in [5.74, 6) is -0.596. The van der Waals surface area contributed by atoms with E-state index in [9.17, 15) is 14.9 Å². The number of esters is 1. The zero-order valence-corrected chi connectivity index (χ0v) is 10.5. The van der Waals surface area contributed by atoms with Gasteiger partial charge in [-0.25, -0.2) is 4.79 Å². The van der Waals surface area contributed by atoms with Crippen LogP contribution in [-0.4, -0.2) is 31.7 Å². The summed E-state index contributed by atoms with van der Waals surface area (Å²) in [4.78, 5) is 22.0. The topological polar surface area (TPSA) is 87.9 Å². The quantitative estimate of drug-likeness (QED) is 0.339. The Morgan fingerprint density at radius 3 is 2.47 bits per heavy atom. The second kappa shape index (κ2) is 6.39. The highest BCUT2D eigenvalue weighted by Gasteiger charge is 2.23. The molecule has 0 aliphatic carbocycles. The van der Waals surface area contributed by atoms with Crippen LogP contribution < -0.4 is 9.47 Å². The van der Waals surface area contributed by atoms with Crippen LogP contribution in [0.2, 0.25) is 0 Å². The summed E-state index contributed by atoms with van der Waals surface area (Å²) >= 11 is 0. The van der Waals surface area contributed by atoms with Crippen LogP contribution in [0.15, 0.2) is 24.8 Å². The lowest BCUT2D eigenvalue weighted by Crippen LogP contribution is -2.08. The number of methoxy groups -OCH3 is 2. The Morgan fingerprint density at radius 1 is 1.37 bits per heavy atom. The molecule has 0 saturated carbocycles. The van der Waals surface area contributed by atoms with E-state index < -0.39 is 10.9 Å². The molecule has 0 N–H and O–H groups in total. The highest BCUT2D eigenvalue weighted by atomic mass is 16.6. The number of carbonyl (C=O) groups excluding carboxylic acids is 1. The second-order valence-electron chi connectivity index (χ2n) is 3.37. The van der Waals surface area contributed by atoms with Gasteiger partial charge in [-0.2, -0.15) is 0 Å². The third kappa shape index (κ3) is 3.21. The van der Waals surface area contributed by atoms with Crippen molar-refractivity contribution < 1.29 is 23.9 Å². The molecule has 0 bridgehead atoms. The van der Waals surface area contributed by atoms with E-state index in [1.54, 1.807) is 0 Å². The predicted octanol–water partition coefficient (Wildman–Crippen LogP) is 1.95. The molecule has 1 aromatic rings. The first kappa shape index (κ1) is 14.5. The summed E-state index contributed by atoms with van der Waals surface area (Å²) in [7, 11) is 2.63.